The van der Waals surface area contributed by atoms with Crippen molar-refractivity contribution in [1.29, 1.82) is 0 Å². The van der Waals surface area contributed by atoms with Gasteiger partial charge in [-0.25, -0.2) is 14.6 Å². The summed E-state index contributed by atoms with van der Waals surface area (Å²) in [5.74, 6) is -1.48. The van der Waals surface area contributed by atoms with Crippen molar-refractivity contribution >= 4 is 18.0 Å². The zero-order chi connectivity index (χ0) is 18.6. The maximum absolute atomic E-state index is 12.8. The quantitative estimate of drug-likeness (QED) is 0.724. The van der Waals surface area contributed by atoms with Gasteiger partial charge in [0.05, 0.1) is 6.33 Å². The molecule has 2 amide bonds. The number of aromatic nitrogens is 2. The van der Waals surface area contributed by atoms with E-state index in [1.807, 2.05) is 0 Å². The number of carbonyl (C=O) groups excluding carboxylic acids is 2. The first-order valence-electron chi connectivity index (χ1n) is 8.17. The molecule has 1 aromatic rings. The summed E-state index contributed by atoms with van der Waals surface area (Å²) in [6.45, 7) is 5.52. The van der Waals surface area contributed by atoms with Crippen molar-refractivity contribution in [1.82, 2.24) is 20.2 Å². The summed E-state index contributed by atoms with van der Waals surface area (Å²) in [6.07, 6.45) is 3.49. The first-order chi connectivity index (χ1) is 11.7. The number of carboxylic acid groups (broad SMARTS) is 1. The van der Waals surface area contributed by atoms with E-state index in [0.717, 1.165) is 0 Å². The highest BCUT2D eigenvalue weighted by atomic mass is 16.6. The Morgan fingerprint density at radius 2 is 2.20 bits per heavy atom. The lowest BCUT2D eigenvalue weighted by atomic mass is 10.1. The molecule has 138 valence electrons. The first kappa shape index (κ1) is 18.8. The molecular formula is C16H24N4O5. The molecule has 0 spiro atoms. The van der Waals surface area contributed by atoms with Crippen molar-refractivity contribution in [2.75, 3.05) is 6.54 Å². The van der Waals surface area contributed by atoms with Gasteiger partial charge >= 0.3 is 12.1 Å². The van der Waals surface area contributed by atoms with E-state index in [2.05, 4.69) is 15.3 Å². The lowest BCUT2D eigenvalue weighted by Gasteiger charge is -2.28. The Kier molecular flexibility index (Phi) is 5.66. The van der Waals surface area contributed by atoms with Gasteiger partial charge in [-0.1, -0.05) is 0 Å². The second kappa shape index (κ2) is 7.54. The number of alkyl carbamates (subject to hydrolysis) is 1. The van der Waals surface area contributed by atoms with Crippen LogP contribution in [-0.2, 0) is 20.7 Å². The van der Waals surface area contributed by atoms with Gasteiger partial charge in [0.1, 0.15) is 17.7 Å². The minimum Gasteiger partial charge on any atom is -0.480 e. The molecule has 1 aromatic heterocycles. The summed E-state index contributed by atoms with van der Waals surface area (Å²) in [5, 5.41) is 11.8. The Bertz CT molecular complexity index is 623. The van der Waals surface area contributed by atoms with Crippen LogP contribution < -0.4 is 5.32 Å². The predicted molar refractivity (Wildman–Crippen MR) is 87.8 cm³/mol. The van der Waals surface area contributed by atoms with Crippen LogP contribution in [-0.4, -0.2) is 62.2 Å². The zero-order valence-corrected chi connectivity index (χ0v) is 14.6. The molecule has 2 atom stereocenters. The molecule has 0 aromatic carbocycles. The van der Waals surface area contributed by atoms with E-state index in [1.165, 1.54) is 11.2 Å². The second-order valence-corrected chi connectivity index (χ2v) is 7.01. The molecule has 1 aliphatic heterocycles. The van der Waals surface area contributed by atoms with E-state index < -0.39 is 35.7 Å². The summed E-state index contributed by atoms with van der Waals surface area (Å²) < 4.78 is 5.21. The fourth-order valence-corrected chi connectivity index (χ4v) is 2.75. The number of nitrogens with zero attached hydrogens (tertiary/aromatic N) is 2. The Hall–Kier alpha value is -2.58. The molecule has 9 heteroatoms. The molecule has 1 aliphatic rings. The number of aliphatic carboxylic acids is 1. The lowest BCUT2D eigenvalue weighted by molar-refractivity contribution is -0.149. The maximum Gasteiger partial charge on any atom is 0.408 e. The monoisotopic (exact) mass is 352 g/mol. The molecule has 2 heterocycles. The lowest BCUT2D eigenvalue weighted by Crippen LogP contribution is -2.53. The van der Waals surface area contributed by atoms with Crippen molar-refractivity contribution in [2.45, 2.75) is 57.7 Å². The number of rotatable bonds is 5. The summed E-state index contributed by atoms with van der Waals surface area (Å²) >= 11 is 0. The van der Waals surface area contributed by atoms with Crippen LogP contribution in [0.1, 0.15) is 39.3 Å². The first-order valence-corrected chi connectivity index (χ1v) is 8.17. The zero-order valence-electron chi connectivity index (χ0n) is 14.6. The summed E-state index contributed by atoms with van der Waals surface area (Å²) in [6, 6.07) is -1.80. The fraction of sp³-hybridized carbons (Fsp3) is 0.625. The number of carbonyl (C=O) groups is 3. The van der Waals surface area contributed by atoms with E-state index in [-0.39, 0.29) is 6.42 Å². The highest BCUT2D eigenvalue weighted by Gasteiger charge is 2.38. The summed E-state index contributed by atoms with van der Waals surface area (Å²) in [5.41, 5.74) is -0.0522. The number of nitrogens with one attached hydrogen (secondary N) is 2. The van der Waals surface area contributed by atoms with Crippen LogP contribution in [0.15, 0.2) is 12.5 Å². The largest absolute Gasteiger partial charge is 0.480 e. The van der Waals surface area contributed by atoms with Gasteiger partial charge < -0.3 is 25.0 Å². The van der Waals surface area contributed by atoms with Gasteiger partial charge in [0.25, 0.3) is 0 Å². The molecule has 2 rings (SSSR count). The van der Waals surface area contributed by atoms with Crippen molar-refractivity contribution in [2.24, 2.45) is 0 Å². The Morgan fingerprint density at radius 1 is 1.48 bits per heavy atom. The molecule has 0 bridgehead atoms. The van der Waals surface area contributed by atoms with Gasteiger partial charge in [-0.3, -0.25) is 4.79 Å². The molecule has 0 saturated carbocycles. The minimum absolute atomic E-state index is 0.168. The second-order valence-electron chi connectivity index (χ2n) is 7.01. The van der Waals surface area contributed by atoms with E-state index in [0.29, 0.717) is 25.1 Å². The molecule has 1 saturated heterocycles. The highest BCUT2D eigenvalue weighted by molar-refractivity contribution is 5.90. The summed E-state index contributed by atoms with van der Waals surface area (Å²) in [4.78, 5) is 44.4. The van der Waals surface area contributed by atoms with Crippen molar-refractivity contribution in [3.8, 4) is 0 Å². The van der Waals surface area contributed by atoms with Crippen LogP contribution >= 0.6 is 0 Å². The SMILES string of the molecule is CC(C)(C)OC(=O)NC(Cc1cnc[nH]1)C(=O)N1CCC[C@H]1C(=O)O. The molecule has 0 aliphatic carbocycles. The van der Waals surface area contributed by atoms with Crippen LogP contribution in [0.2, 0.25) is 0 Å². The van der Waals surface area contributed by atoms with Crippen LogP contribution in [0.4, 0.5) is 4.79 Å². The number of imidazole rings is 1. The summed E-state index contributed by atoms with van der Waals surface area (Å²) in [7, 11) is 0. The molecule has 9 nitrogen and oxygen atoms in total. The van der Waals surface area contributed by atoms with Crippen molar-refractivity contribution in [3.63, 3.8) is 0 Å². The number of carboxylic acids is 1. The third kappa shape index (κ3) is 5.20. The van der Waals surface area contributed by atoms with E-state index in [1.54, 1.807) is 27.0 Å². The Morgan fingerprint density at radius 3 is 2.76 bits per heavy atom. The Labute approximate surface area is 145 Å². The molecule has 1 fully saturated rings. The number of likely N-dealkylation sites (tertiary alicyclic amines) is 1. The van der Waals surface area contributed by atoms with Gasteiger partial charge in [0.2, 0.25) is 5.91 Å². The average molecular weight is 352 g/mol. The standard InChI is InChI=1S/C16H24N4O5/c1-16(2,3)25-15(24)19-11(7-10-8-17-9-18-10)13(21)20-6-4-5-12(20)14(22)23/h8-9,11-12H,4-7H2,1-3H3,(H,17,18)(H,19,24)(H,22,23)/t11?,12-/m0/s1. The number of hydrogen-bond acceptors (Lipinski definition) is 5. The van der Waals surface area contributed by atoms with Crippen LogP contribution in [0.3, 0.4) is 0 Å². The number of hydrogen-bond donors (Lipinski definition) is 3. The fourth-order valence-electron chi connectivity index (χ4n) is 2.75. The highest BCUT2D eigenvalue weighted by Crippen LogP contribution is 2.19. The smallest absolute Gasteiger partial charge is 0.408 e. The van der Waals surface area contributed by atoms with E-state index >= 15 is 0 Å². The molecule has 1 unspecified atom stereocenters. The van der Waals surface area contributed by atoms with Crippen LogP contribution in [0.5, 0.6) is 0 Å². The minimum atomic E-state index is -1.04. The van der Waals surface area contributed by atoms with Crippen molar-refractivity contribution in [3.05, 3.63) is 18.2 Å². The van der Waals surface area contributed by atoms with Crippen LogP contribution in [0, 0.1) is 0 Å². The molecule has 25 heavy (non-hydrogen) atoms. The van der Waals surface area contributed by atoms with Crippen LogP contribution in [0.25, 0.3) is 0 Å². The average Bonchev–Trinajstić information content (AvgIpc) is 3.14. The van der Waals surface area contributed by atoms with E-state index in [9.17, 15) is 19.5 Å². The Balaban J connectivity index is 2.14. The van der Waals surface area contributed by atoms with Gasteiger partial charge in [-0.2, -0.15) is 0 Å². The predicted octanol–water partition coefficient (Wildman–Crippen LogP) is 0.921. The third-order valence-electron chi connectivity index (χ3n) is 3.79. The third-order valence-corrected chi connectivity index (χ3v) is 3.79. The molecule has 0 radical (unpaired) electrons. The van der Waals surface area contributed by atoms with Gasteiger partial charge in [-0.15, -0.1) is 0 Å². The maximum atomic E-state index is 12.8. The number of ether oxygens (including phenoxy) is 1. The van der Waals surface area contributed by atoms with Gasteiger partial charge in [-0.05, 0) is 33.6 Å². The molecule has 3 N–H and O–H groups in total. The number of H-pyrrole nitrogens is 1. The number of aromatic amines is 1. The van der Waals surface area contributed by atoms with E-state index in [4.69, 9.17) is 4.74 Å². The van der Waals surface area contributed by atoms with Crippen molar-refractivity contribution < 1.29 is 24.2 Å². The molecular weight excluding hydrogens is 328 g/mol. The topological polar surface area (TPSA) is 125 Å². The normalized spacial score (nSPS) is 18.7. The van der Waals surface area contributed by atoms with Gasteiger partial charge in [0, 0.05) is 24.9 Å². The van der Waals surface area contributed by atoms with Gasteiger partial charge in [0.15, 0.2) is 0 Å². The number of amides is 2.